The molecule has 0 bridgehead atoms. The van der Waals surface area contributed by atoms with Gasteiger partial charge < -0.3 is 10.2 Å². The van der Waals surface area contributed by atoms with E-state index in [1.54, 1.807) is 0 Å². The first kappa shape index (κ1) is 16.2. The van der Waals surface area contributed by atoms with Crippen LogP contribution >= 0.6 is 0 Å². The van der Waals surface area contributed by atoms with Crippen LogP contribution in [-0.4, -0.2) is 37.6 Å². The van der Waals surface area contributed by atoms with Gasteiger partial charge >= 0.3 is 0 Å². The fourth-order valence-corrected chi connectivity index (χ4v) is 2.28. The Morgan fingerprint density at radius 3 is 2.37 bits per heavy atom. The van der Waals surface area contributed by atoms with Crippen LogP contribution in [0.4, 0.5) is 0 Å². The van der Waals surface area contributed by atoms with Crippen LogP contribution in [-0.2, 0) is 6.42 Å². The van der Waals surface area contributed by atoms with Crippen molar-refractivity contribution in [1.29, 1.82) is 0 Å². The Hall–Kier alpha value is -0.860. The third-order valence-electron chi connectivity index (χ3n) is 3.88. The van der Waals surface area contributed by atoms with E-state index in [0.29, 0.717) is 0 Å². The Labute approximate surface area is 119 Å². The molecular formula is C17H30N2. The van der Waals surface area contributed by atoms with E-state index in [-0.39, 0.29) is 0 Å². The van der Waals surface area contributed by atoms with Crippen molar-refractivity contribution in [1.82, 2.24) is 10.2 Å². The van der Waals surface area contributed by atoms with Gasteiger partial charge in [0.2, 0.25) is 0 Å². The van der Waals surface area contributed by atoms with Gasteiger partial charge in [-0.25, -0.2) is 0 Å². The van der Waals surface area contributed by atoms with Gasteiger partial charge in [0.15, 0.2) is 0 Å². The summed E-state index contributed by atoms with van der Waals surface area (Å²) in [7, 11) is 0. The average Bonchev–Trinajstić information content (AvgIpc) is 2.42. The number of hydrogen-bond acceptors (Lipinski definition) is 2. The van der Waals surface area contributed by atoms with Crippen molar-refractivity contribution < 1.29 is 0 Å². The molecule has 0 aromatic heterocycles. The van der Waals surface area contributed by atoms with Crippen LogP contribution in [0, 0.1) is 13.8 Å². The number of rotatable bonds is 9. The Morgan fingerprint density at radius 1 is 1.00 bits per heavy atom. The van der Waals surface area contributed by atoms with Crippen LogP contribution in [0.25, 0.3) is 0 Å². The molecule has 0 fully saturated rings. The van der Waals surface area contributed by atoms with Crippen molar-refractivity contribution in [2.45, 2.75) is 40.5 Å². The predicted molar refractivity (Wildman–Crippen MR) is 84.9 cm³/mol. The molecule has 108 valence electrons. The maximum absolute atomic E-state index is 3.54. The van der Waals surface area contributed by atoms with Crippen LogP contribution in [0.5, 0.6) is 0 Å². The second-order valence-corrected chi connectivity index (χ2v) is 5.30. The summed E-state index contributed by atoms with van der Waals surface area (Å²) in [6, 6.07) is 6.79. The SMILES string of the molecule is CCN(CC)CCCNCCc1ccc(C)c(C)c1. The van der Waals surface area contributed by atoms with E-state index in [9.17, 15) is 0 Å². The van der Waals surface area contributed by atoms with Gasteiger partial charge in [-0.1, -0.05) is 32.0 Å². The molecule has 0 aliphatic heterocycles. The Morgan fingerprint density at radius 2 is 1.74 bits per heavy atom. The number of aryl methyl sites for hydroxylation is 2. The zero-order chi connectivity index (χ0) is 14.1. The van der Waals surface area contributed by atoms with Crippen LogP contribution < -0.4 is 5.32 Å². The molecule has 2 nitrogen and oxygen atoms in total. The lowest BCUT2D eigenvalue weighted by Gasteiger charge is -2.17. The second-order valence-electron chi connectivity index (χ2n) is 5.30. The normalized spacial score (nSPS) is 11.2. The third kappa shape index (κ3) is 6.22. The van der Waals surface area contributed by atoms with Gasteiger partial charge in [-0.05, 0) is 76.1 Å². The van der Waals surface area contributed by atoms with Gasteiger partial charge in [0.25, 0.3) is 0 Å². The molecule has 0 aliphatic carbocycles. The van der Waals surface area contributed by atoms with Gasteiger partial charge in [-0.3, -0.25) is 0 Å². The molecule has 0 spiro atoms. The Kier molecular flexibility index (Phi) is 7.76. The molecule has 19 heavy (non-hydrogen) atoms. The topological polar surface area (TPSA) is 15.3 Å². The van der Waals surface area contributed by atoms with E-state index >= 15 is 0 Å². The minimum Gasteiger partial charge on any atom is -0.316 e. The highest BCUT2D eigenvalue weighted by atomic mass is 15.1. The lowest BCUT2D eigenvalue weighted by atomic mass is 10.0. The first-order chi connectivity index (χ1) is 9.17. The van der Waals surface area contributed by atoms with E-state index in [4.69, 9.17) is 0 Å². The maximum atomic E-state index is 3.54. The largest absolute Gasteiger partial charge is 0.316 e. The van der Waals surface area contributed by atoms with Crippen molar-refractivity contribution in [2.75, 3.05) is 32.7 Å². The molecule has 0 saturated heterocycles. The van der Waals surface area contributed by atoms with Gasteiger partial charge in [-0.15, -0.1) is 0 Å². The minimum atomic E-state index is 1.08. The number of nitrogens with one attached hydrogen (secondary N) is 1. The summed E-state index contributed by atoms with van der Waals surface area (Å²) in [5.41, 5.74) is 4.23. The van der Waals surface area contributed by atoms with Crippen LogP contribution in [0.1, 0.15) is 37.0 Å². The molecule has 1 N–H and O–H groups in total. The molecule has 0 heterocycles. The molecule has 1 rings (SSSR count). The first-order valence-electron chi connectivity index (χ1n) is 7.66. The standard InChI is InChI=1S/C17H30N2/c1-5-19(6-2)13-7-11-18-12-10-17-9-8-15(3)16(4)14-17/h8-9,14,18H,5-7,10-13H2,1-4H3. The zero-order valence-corrected chi connectivity index (χ0v) is 13.1. The molecule has 2 heteroatoms. The summed E-state index contributed by atoms with van der Waals surface area (Å²) < 4.78 is 0. The van der Waals surface area contributed by atoms with Crippen molar-refractivity contribution in [3.05, 3.63) is 34.9 Å². The Balaban J connectivity index is 2.12. The summed E-state index contributed by atoms with van der Waals surface area (Å²) in [5, 5.41) is 3.54. The van der Waals surface area contributed by atoms with E-state index in [2.05, 4.69) is 56.1 Å². The summed E-state index contributed by atoms with van der Waals surface area (Å²) in [6.45, 7) is 14.6. The van der Waals surface area contributed by atoms with E-state index in [0.717, 1.165) is 19.5 Å². The molecule has 0 saturated carbocycles. The molecule has 1 aromatic rings. The van der Waals surface area contributed by atoms with Gasteiger partial charge in [-0.2, -0.15) is 0 Å². The zero-order valence-electron chi connectivity index (χ0n) is 13.1. The van der Waals surface area contributed by atoms with Crippen molar-refractivity contribution >= 4 is 0 Å². The summed E-state index contributed by atoms with van der Waals surface area (Å²) in [5.74, 6) is 0. The van der Waals surface area contributed by atoms with Gasteiger partial charge in [0, 0.05) is 0 Å². The molecule has 0 atom stereocenters. The average molecular weight is 262 g/mol. The molecule has 0 aliphatic rings. The number of nitrogens with zero attached hydrogens (tertiary/aromatic N) is 1. The Bertz CT molecular complexity index is 356. The van der Waals surface area contributed by atoms with E-state index < -0.39 is 0 Å². The highest BCUT2D eigenvalue weighted by molar-refractivity contribution is 5.29. The maximum Gasteiger partial charge on any atom is -0.000687 e. The third-order valence-corrected chi connectivity index (χ3v) is 3.88. The summed E-state index contributed by atoms with van der Waals surface area (Å²) >= 11 is 0. The molecular weight excluding hydrogens is 232 g/mol. The monoisotopic (exact) mass is 262 g/mol. The predicted octanol–water partition coefficient (Wildman–Crippen LogP) is 3.17. The van der Waals surface area contributed by atoms with Gasteiger partial charge in [0.1, 0.15) is 0 Å². The summed E-state index contributed by atoms with van der Waals surface area (Å²) in [4.78, 5) is 2.48. The van der Waals surface area contributed by atoms with Crippen LogP contribution in [0.15, 0.2) is 18.2 Å². The van der Waals surface area contributed by atoms with E-state index in [1.807, 2.05) is 0 Å². The fourth-order valence-electron chi connectivity index (χ4n) is 2.28. The number of benzene rings is 1. The first-order valence-corrected chi connectivity index (χ1v) is 7.66. The van der Waals surface area contributed by atoms with Crippen molar-refractivity contribution in [3.63, 3.8) is 0 Å². The highest BCUT2D eigenvalue weighted by Crippen LogP contribution is 2.09. The minimum absolute atomic E-state index is 1.08. The lowest BCUT2D eigenvalue weighted by molar-refractivity contribution is 0.298. The van der Waals surface area contributed by atoms with Crippen LogP contribution in [0.2, 0.25) is 0 Å². The highest BCUT2D eigenvalue weighted by Gasteiger charge is 1.99. The smallest absolute Gasteiger partial charge is 0.000687 e. The summed E-state index contributed by atoms with van der Waals surface area (Å²) in [6.07, 6.45) is 2.38. The number of hydrogen-bond donors (Lipinski definition) is 1. The lowest BCUT2D eigenvalue weighted by Crippen LogP contribution is -2.27. The van der Waals surface area contributed by atoms with Crippen molar-refractivity contribution in [3.8, 4) is 0 Å². The van der Waals surface area contributed by atoms with Crippen molar-refractivity contribution in [2.24, 2.45) is 0 Å². The molecule has 0 radical (unpaired) electrons. The molecule has 1 aromatic carbocycles. The molecule has 0 amide bonds. The fraction of sp³-hybridized carbons (Fsp3) is 0.647. The van der Waals surface area contributed by atoms with E-state index in [1.165, 1.54) is 42.7 Å². The van der Waals surface area contributed by atoms with Crippen LogP contribution in [0.3, 0.4) is 0 Å². The second kappa shape index (κ2) is 9.11. The quantitative estimate of drug-likeness (QED) is 0.688. The molecule has 0 unspecified atom stereocenters. The van der Waals surface area contributed by atoms with Gasteiger partial charge in [0.05, 0.1) is 0 Å².